The van der Waals surface area contributed by atoms with Crippen molar-refractivity contribution in [3.8, 4) is 12.1 Å². The number of azo groups is 1. The van der Waals surface area contributed by atoms with Gasteiger partial charge in [-0.1, -0.05) is 48.5 Å². The van der Waals surface area contributed by atoms with Gasteiger partial charge in [-0.2, -0.15) is 10.5 Å². The lowest BCUT2D eigenvalue weighted by molar-refractivity contribution is -0.384. The first kappa shape index (κ1) is 24.5. The number of nitrogens with one attached hydrogen (secondary N) is 2. The zero-order valence-electron chi connectivity index (χ0n) is 19.7. The van der Waals surface area contributed by atoms with Crippen molar-refractivity contribution in [1.82, 2.24) is 4.98 Å². The summed E-state index contributed by atoms with van der Waals surface area (Å²) in [6, 6.07) is 26.9. The normalized spacial score (nSPS) is 10.5. The van der Waals surface area contributed by atoms with Gasteiger partial charge in [0, 0.05) is 29.9 Å². The average molecular weight is 489 g/mol. The molecule has 0 unspecified atom stereocenters. The lowest BCUT2D eigenvalue weighted by Crippen LogP contribution is -2.07. The maximum atomic E-state index is 11.1. The van der Waals surface area contributed by atoms with Crippen LogP contribution in [0.4, 0.5) is 34.4 Å². The number of nitro benzene ring substituents is 1. The van der Waals surface area contributed by atoms with Crippen molar-refractivity contribution in [2.75, 3.05) is 10.6 Å². The average Bonchev–Trinajstić information content (AvgIpc) is 2.92. The zero-order chi connectivity index (χ0) is 26.2. The monoisotopic (exact) mass is 488 g/mol. The number of hydrogen-bond acceptors (Lipinski definition) is 9. The van der Waals surface area contributed by atoms with E-state index in [1.54, 1.807) is 6.92 Å². The third-order valence-corrected chi connectivity index (χ3v) is 5.44. The van der Waals surface area contributed by atoms with E-state index in [4.69, 9.17) is 0 Å². The van der Waals surface area contributed by atoms with E-state index in [9.17, 15) is 20.6 Å². The number of rotatable bonds is 8. The Balaban J connectivity index is 1.78. The second-order valence-electron chi connectivity index (χ2n) is 7.87. The van der Waals surface area contributed by atoms with Crippen molar-refractivity contribution in [2.45, 2.75) is 13.5 Å². The van der Waals surface area contributed by atoms with Crippen LogP contribution in [-0.2, 0) is 6.54 Å². The summed E-state index contributed by atoms with van der Waals surface area (Å²) in [4.78, 5) is 15.1. The molecule has 0 radical (unpaired) electrons. The Morgan fingerprint density at radius 2 is 1.65 bits per heavy atom. The highest BCUT2D eigenvalue weighted by Crippen LogP contribution is 2.36. The molecule has 0 amide bonds. The van der Waals surface area contributed by atoms with Crippen LogP contribution >= 0.6 is 0 Å². The third-order valence-electron chi connectivity index (χ3n) is 5.44. The smallest absolute Gasteiger partial charge is 0.270 e. The van der Waals surface area contributed by atoms with E-state index < -0.39 is 4.92 Å². The molecule has 0 aliphatic carbocycles. The van der Waals surface area contributed by atoms with E-state index in [0.717, 1.165) is 17.3 Å². The molecule has 4 rings (SSSR count). The van der Waals surface area contributed by atoms with E-state index >= 15 is 0 Å². The van der Waals surface area contributed by atoms with E-state index in [0.29, 0.717) is 29.4 Å². The number of hydrogen-bond donors (Lipinski definition) is 2. The van der Waals surface area contributed by atoms with Gasteiger partial charge in [0.2, 0.25) is 0 Å². The van der Waals surface area contributed by atoms with Crippen molar-refractivity contribution in [3.05, 3.63) is 111 Å². The Morgan fingerprint density at radius 1 is 0.946 bits per heavy atom. The van der Waals surface area contributed by atoms with Crippen LogP contribution in [0.5, 0.6) is 0 Å². The van der Waals surface area contributed by atoms with Gasteiger partial charge < -0.3 is 10.6 Å². The molecule has 0 saturated carbocycles. The molecule has 0 atom stereocenters. The van der Waals surface area contributed by atoms with Crippen LogP contribution in [0.2, 0.25) is 0 Å². The standard InChI is InChI=1S/C27H20N8O2/c1-18-23(16-29)26(31-21-10-6-3-7-11-21)32-27(30-17-19-8-4-2-5-9-19)25(18)34-33-24-13-12-22(35(36)37)14-20(24)15-28/h2-14H,17H2,1H3,(H2,30,31,32). The summed E-state index contributed by atoms with van der Waals surface area (Å²) in [6.07, 6.45) is 0. The molecule has 0 aliphatic rings. The van der Waals surface area contributed by atoms with Gasteiger partial charge in [-0.3, -0.25) is 10.1 Å². The number of nitriles is 2. The van der Waals surface area contributed by atoms with Crippen molar-refractivity contribution in [1.29, 1.82) is 10.5 Å². The Labute approximate surface area is 212 Å². The fourth-order valence-electron chi connectivity index (χ4n) is 3.53. The van der Waals surface area contributed by atoms with Crippen LogP contribution in [0.25, 0.3) is 0 Å². The molecule has 2 N–H and O–H groups in total. The summed E-state index contributed by atoms with van der Waals surface area (Å²) in [7, 11) is 0. The van der Waals surface area contributed by atoms with Gasteiger partial charge in [0.05, 0.1) is 16.1 Å². The number of aromatic nitrogens is 1. The fourth-order valence-corrected chi connectivity index (χ4v) is 3.53. The zero-order valence-corrected chi connectivity index (χ0v) is 19.7. The van der Waals surface area contributed by atoms with Crippen LogP contribution in [0.3, 0.4) is 0 Å². The molecule has 4 aromatic rings. The molecular formula is C27H20N8O2. The second-order valence-corrected chi connectivity index (χ2v) is 7.87. The number of nitro groups is 1. The minimum absolute atomic E-state index is 0.00484. The summed E-state index contributed by atoms with van der Waals surface area (Å²) in [5.74, 6) is 0.733. The first-order valence-electron chi connectivity index (χ1n) is 11.1. The third kappa shape index (κ3) is 5.73. The summed E-state index contributed by atoms with van der Waals surface area (Å²) < 4.78 is 0. The lowest BCUT2D eigenvalue weighted by atomic mass is 10.1. The Kier molecular flexibility index (Phi) is 7.43. The molecule has 37 heavy (non-hydrogen) atoms. The van der Waals surface area contributed by atoms with Crippen molar-refractivity contribution < 1.29 is 4.92 Å². The second kappa shape index (κ2) is 11.2. The molecule has 0 spiro atoms. The van der Waals surface area contributed by atoms with Gasteiger partial charge in [0.1, 0.15) is 23.5 Å². The molecule has 3 aromatic carbocycles. The van der Waals surface area contributed by atoms with Gasteiger partial charge in [-0.05, 0) is 30.7 Å². The lowest BCUT2D eigenvalue weighted by Gasteiger charge is -2.16. The number of pyridine rings is 1. The van der Waals surface area contributed by atoms with Crippen LogP contribution in [0.15, 0.2) is 89.1 Å². The van der Waals surface area contributed by atoms with Gasteiger partial charge in [0.25, 0.3) is 5.69 Å². The minimum atomic E-state index is -0.584. The first-order chi connectivity index (χ1) is 18.0. The molecule has 180 valence electrons. The quantitative estimate of drug-likeness (QED) is 0.157. The molecule has 10 heteroatoms. The Bertz CT molecular complexity index is 1560. The predicted octanol–water partition coefficient (Wildman–Crippen LogP) is 6.81. The molecule has 0 bridgehead atoms. The summed E-state index contributed by atoms with van der Waals surface area (Å²) in [6.45, 7) is 2.17. The van der Waals surface area contributed by atoms with Crippen molar-refractivity contribution in [2.24, 2.45) is 10.2 Å². The van der Waals surface area contributed by atoms with Crippen LogP contribution in [-0.4, -0.2) is 9.91 Å². The fraction of sp³-hybridized carbons (Fsp3) is 0.0741. The molecule has 1 heterocycles. The van der Waals surface area contributed by atoms with Crippen molar-refractivity contribution >= 4 is 34.4 Å². The highest BCUT2D eigenvalue weighted by molar-refractivity contribution is 5.76. The van der Waals surface area contributed by atoms with E-state index in [1.165, 1.54) is 12.1 Å². The van der Waals surface area contributed by atoms with E-state index in [-0.39, 0.29) is 22.5 Å². The summed E-state index contributed by atoms with van der Waals surface area (Å²) in [5.41, 5.74) is 2.84. The molecule has 0 saturated heterocycles. The van der Waals surface area contributed by atoms with Gasteiger partial charge in [0.15, 0.2) is 11.6 Å². The number of nitrogens with zero attached hydrogens (tertiary/aromatic N) is 6. The molecule has 0 fully saturated rings. The molecule has 0 aliphatic heterocycles. The summed E-state index contributed by atoms with van der Waals surface area (Å²) >= 11 is 0. The van der Waals surface area contributed by atoms with Crippen molar-refractivity contribution in [3.63, 3.8) is 0 Å². The van der Waals surface area contributed by atoms with Crippen LogP contribution in [0, 0.1) is 39.7 Å². The van der Waals surface area contributed by atoms with Gasteiger partial charge in [-0.25, -0.2) is 4.98 Å². The molecule has 10 nitrogen and oxygen atoms in total. The largest absolute Gasteiger partial charge is 0.364 e. The Morgan fingerprint density at radius 3 is 2.30 bits per heavy atom. The number of anilines is 3. The van der Waals surface area contributed by atoms with E-state index in [1.807, 2.05) is 66.7 Å². The summed E-state index contributed by atoms with van der Waals surface area (Å²) in [5, 5.41) is 45.4. The minimum Gasteiger partial charge on any atom is -0.364 e. The van der Waals surface area contributed by atoms with Gasteiger partial charge >= 0.3 is 0 Å². The number of benzene rings is 3. The Hall–Kier alpha value is -5.61. The SMILES string of the molecule is Cc1c(C#N)c(Nc2ccccc2)nc(NCc2ccccc2)c1N=Nc1ccc([N+](=O)[O-])cc1C#N. The maximum absolute atomic E-state index is 11.1. The maximum Gasteiger partial charge on any atom is 0.270 e. The topological polar surface area (TPSA) is 152 Å². The molecular weight excluding hydrogens is 468 g/mol. The van der Waals surface area contributed by atoms with Crippen LogP contribution < -0.4 is 10.6 Å². The van der Waals surface area contributed by atoms with Crippen LogP contribution in [0.1, 0.15) is 22.3 Å². The number of non-ortho nitro benzene ring substituents is 1. The number of para-hydroxylation sites is 1. The first-order valence-corrected chi connectivity index (χ1v) is 11.1. The van der Waals surface area contributed by atoms with E-state index in [2.05, 4.69) is 31.9 Å². The predicted molar refractivity (Wildman–Crippen MR) is 139 cm³/mol. The highest BCUT2D eigenvalue weighted by atomic mass is 16.6. The highest BCUT2D eigenvalue weighted by Gasteiger charge is 2.18. The molecule has 1 aromatic heterocycles. The van der Waals surface area contributed by atoms with Gasteiger partial charge in [-0.15, -0.1) is 10.2 Å².